The predicted octanol–water partition coefficient (Wildman–Crippen LogP) is 1.87. The van der Waals surface area contributed by atoms with Gasteiger partial charge in [-0.1, -0.05) is 6.42 Å². The molecule has 17 heavy (non-hydrogen) atoms. The van der Waals surface area contributed by atoms with E-state index in [1.165, 1.54) is 31.1 Å². The molecule has 1 unspecified atom stereocenters. The van der Waals surface area contributed by atoms with Crippen LogP contribution in [0.25, 0.3) is 0 Å². The first kappa shape index (κ1) is 12.2. The standard InChI is InChI=1S/C11H15N3O2S/c15-11(16)9-4-5-10(14-13-9)12-7-8-3-1-2-6-17-8/h4-5,8H,1-3,6-7H2,(H,12,14)(H,15,16). The van der Waals surface area contributed by atoms with Gasteiger partial charge in [-0.15, -0.1) is 10.2 Å². The van der Waals surface area contributed by atoms with E-state index >= 15 is 0 Å². The highest BCUT2D eigenvalue weighted by molar-refractivity contribution is 7.99. The molecule has 2 N–H and O–H groups in total. The summed E-state index contributed by atoms with van der Waals surface area (Å²) >= 11 is 1.99. The molecule has 1 aliphatic rings. The lowest BCUT2D eigenvalue weighted by Crippen LogP contribution is -2.20. The molecule has 1 atom stereocenters. The highest BCUT2D eigenvalue weighted by Gasteiger charge is 2.13. The number of aromatic carboxylic acids is 1. The van der Waals surface area contributed by atoms with Gasteiger partial charge in [-0.05, 0) is 30.7 Å². The molecule has 2 rings (SSSR count). The number of anilines is 1. The minimum atomic E-state index is -1.05. The van der Waals surface area contributed by atoms with Crippen LogP contribution in [0.3, 0.4) is 0 Å². The van der Waals surface area contributed by atoms with Crippen LogP contribution in [0, 0.1) is 0 Å². The van der Waals surface area contributed by atoms with E-state index in [2.05, 4.69) is 15.5 Å². The van der Waals surface area contributed by atoms with Crippen molar-refractivity contribution in [3.05, 3.63) is 17.8 Å². The van der Waals surface area contributed by atoms with Crippen molar-refractivity contribution in [3.8, 4) is 0 Å². The lowest BCUT2D eigenvalue weighted by molar-refractivity contribution is 0.0689. The maximum absolute atomic E-state index is 10.6. The minimum absolute atomic E-state index is 0.0254. The minimum Gasteiger partial charge on any atom is -0.476 e. The maximum Gasteiger partial charge on any atom is 0.356 e. The topological polar surface area (TPSA) is 75.1 Å². The lowest BCUT2D eigenvalue weighted by Gasteiger charge is -2.21. The summed E-state index contributed by atoms with van der Waals surface area (Å²) in [5, 5.41) is 20.0. The number of carboxylic acid groups (broad SMARTS) is 1. The van der Waals surface area contributed by atoms with Crippen LogP contribution in [0.15, 0.2) is 12.1 Å². The van der Waals surface area contributed by atoms with E-state index in [-0.39, 0.29) is 5.69 Å². The molecule has 0 bridgehead atoms. The van der Waals surface area contributed by atoms with Crippen molar-refractivity contribution in [1.29, 1.82) is 0 Å². The number of rotatable bonds is 4. The highest BCUT2D eigenvalue weighted by atomic mass is 32.2. The lowest BCUT2D eigenvalue weighted by atomic mass is 10.2. The summed E-state index contributed by atoms with van der Waals surface area (Å²) in [6, 6.07) is 3.12. The van der Waals surface area contributed by atoms with Gasteiger partial charge >= 0.3 is 5.97 Å². The van der Waals surface area contributed by atoms with Gasteiger partial charge in [0.2, 0.25) is 0 Å². The van der Waals surface area contributed by atoms with Gasteiger partial charge in [0.05, 0.1) is 0 Å². The Labute approximate surface area is 104 Å². The summed E-state index contributed by atoms with van der Waals surface area (Å²) in [4.78, 5) is 10.6. The second-order valence-corrected chi connectivity index (χ2v) is 5.39. The number of hydrogen-bond donors (Lipinski definition) is 2. The van der Waals surface area contributed by atoms with Crippen molar-refractivity contribution >= 4 is 23.5 Å². The molecule has 1 saturated heterocycles. The predicted molar refractivity (Wildman–Crippen MR) is 67.6 cm³/mol. The first-order valence-corrected chi connectivity index (χ1v) is 6.73. The molecule has 1 fully saturated rings. The fourth-order valence-electron chi connectivity index (χ4n) is 1.73. The second-order valence-electron chi connectivity index (χ2n) is 3.98. The molecule has 92 valence electrons. The summed E-state index contributed by atoms with van der Waals surface area (Å²) in [5.74, 6) is 0.823. The van der Waals surface area contributed by atoms with Crippen molar-refractivity contribution in [2.24, 2.45) is 0 Å². The molecule has 0 saturated carbocycles. The highest BCUT2D eigenvalue weighted by Crippen LogP contribution is 2.24. The molecule has 2 heterocycles. The molecule has 1 aromatic rings. The maximum atomic E-state index is 10.6. The number of carbonyl (C=O) groups is 1. The quantitative estimate of drug-likeness (QED) is 0.853. The number of thioether (sulfide) groups is 1. The van der Waals surface area contributed by atoms with Crippen molar-refractivity contribution in [2.45, 2.75) is 24.5 Å². The summed E-state index contributed by atoms with van der Waals surface area (Å²) in [7, 11) is 0. The zero-order chi connectivity index (χ0) is 12.1. The monoisotopic (exact) mass is 253 g/mol. The van der Waals surface area contributed by atoms with Crippen LogP contribution in [0.4, 0.5) is 5.82 Å². The Morgan fingerprint density at radius 1 is 1.47 bits per heavy atom. The van der Waals surface area contributed by atoms with E-state index in [0.29, 0.717) is 11.1 Å². The van der Waals surface area contributed by atoms with Crippen LogP contribution in [0.5, 0.6) is 0 Å². The van der Waals surface area contributed by atoms with E-state index in [9.17, 15) is 4.79 Å². The Balaban J connectivity index is 1.84. The average molecular weight is 253 g/mol. The van der Waals surface area contributed by atoms with Gasteiger partial charge in [-0.2, -0.15) is 11.8 Å². The molecule has 0 spiro atoms. The summed E-state index contributed by atoms with van der Waals surface area (Å²) in [6.45, 7) is 0.867. The van der Waals surface area contributed by atoms with E-state index < -0.39 is 5.97 Å². The third-order valence-electron chi connectivity index (χ3n) is 2.67. The van der Waals surface area contributed by atoms with E-state index in [1.807, 2.05) is 11.8 Å². The Morgan fingerprint density at radius 3 is 2.94 bits per heavy atom. The Bertz CT molecular complexity index is 377. The van der Waals surface area contributed by atoms with Gasteiger partial charge in [0.1, 0.15) is 5.82 Å². The Hall–Kier alpha value is -1.30. The van der Waals surface area contributed by atoms with Crippen LogP contribution >= 0.6 is 11.8 Å². The van der Waals surface area contributed by atoms with Crippen LogP contribution in [0.1, 0.15) is 29.8 Å². The molecule has 0 amide bonds. The van der Waals surface area contributed by atoms with Crippen molar-refractivity contribution < 1.29 is 9.90 Å². The van der Waals surface area contributed by atoms with E-state index in [4.69, 9.17) is 5.11 Å². The number of nitrogens with zero attached hydrogens (tertiary/aromatic N) is 2. The van der Waals surface area contributed by atoms with Crippen molar-refractivity contribution in [3.63, 3.8) is 0 Å². The molecule has 0 aliphatic carbocycles. The van der Waals surface area contributed by atoms with Crippen LogP contribution < -0.4 is 5.32 Å². The smallest absolute Gasteiger partial charge is 0.356 e. The van der Waals surface area contributed by atoms with Crippen LogP contribution in [-0.4, -0.2) is 38.8 Å². The summed E-state index contributed by atoms with van der Waals surface area (Å²) < 4.78 is 0. The first-order valence-electron chi connectivity index (χ1n) is 5.68. The molecular formula is C11H15N3O2S. The van der Waals surface area contributed by atoms with Gasteiger partial charge in [-0.25, -0.2) is 4.79 Å². The zero-order valence-corrected chi connectivity index (χ0v) is 10.2. The van der Waals surface area contributed by atoms with E-state index in [1.54, 1.807) is 6.07 Å². The average Bonchev–Trinajstić information content (AvgIpc) is 2.38. The molecule has 0 radical (unpaired) electrons. The van der Waals surface area contributed by atoms with Gasteiger partial charge < -0.3 is 10.4 Å². The zero-order valence-electron chi connectivity index (χ0n) is 9.43. The van der Waals surface area contributed by atoms with Crippen LogP contribution in [0.2, 0.25) is 0 Å². The molecule has 0 aromatic carbocycles. The van der Waals surface area contributed by atoms with E-state index in [0.717, 1.165) is 6.54 Å². The SMILES string of the molecule is O=C(O)c1ccc(NCC2CCCCS2)nn1. The molecule has 6 heteroatoms. The molecule has 1 aliphatic heterocycles. The largest absolute Gasteiger partial charge is 0.476 e. The fourth-order valence-corrected chi connectivity index (χ4v) is 2.97. The Kier molecular flexibility index (Phi) is 4.19. The summed E-state index contributed by atoms with van der Waals surface area (Å²) in [6.07, 6.45) is 3.84. The third kappa shape index (κ3) is 3.59. The van der Waals surface area contributed by atoms with Crippen molar-refractivity contribution in [2.75, 3.05) is 17.6 Å². The molecular weight excluding hydrogens is 238 g/mol. The number of aromatic nitrogens is 2. The third-order valence-corrected chi connectivity index (χ3v) is 4.07. The van der Waals surface area contributed by atoms with Crippen LogP contribution in [-0.2, 0) is 0 Å². The van der Waals surface area contributed by atoms with Crippen molar-refractivity contribution in [1.82, 2.24) is 10.2 Å². The Morgan fingerprint density at radius 2 is 2.35 bits per heavy atom. The summed E-state index contributed by atoms with van der Waals surface area (Å²) in [5.41, 5.74) is -0.0254. The first-order chi connectivity index (χ1) is 8.25. The second kappa shape index (κ2) is 5.86. The normalized spacial score (nSPS) is 19.9. The molecule has 1 aromatic heterocycles. The number of hydrogen-bond acceptors (Lipinski definition) is 5. The van der Waals surface area contributed by atoms with Gasteiger partial charge in [0, 0.05) is 11.8 Å². The van der Waals surface area contributed by atoms with Gasteiger partial charge in [0.15, 0.2) is 5.69 Å². The van der Waals surface area contributed by atoms with Gasteiger partial charge in [-0.3, -0.25) is 0 Å². The number of carboxylic acids is 1. The molecule has 5 nitrogen and oxygen atoms in total. The van der Waals surface area contributed by atoms with Gasteiger partial charge in [0.25, 0.3) is 0 Å². The number of nitrogens with one attached hydrogen (secondary N) is 1. The fraction of sp³-hybridized carbons (Fsp3) is 0.545.